The van der Waals surface area contributed by atoms with Gasteiger partial charge in [-0.25, -0.2) is 4.98 Å². The van der Waals surface area contributed by atoms with Gasteiger partial charge in [0, 0.05) is 24.5 Å². The molecule has 2 fully saturated rings. The van der Waals surface area contributed by atoms with Crippen LogP contribution in [0.4, 0.5) is 11.8 Å². The number of aliphatic hydroxyl groups is 1. The molecule has 0 amide bonds. The molecule has 2 aliphatic carbocycles. The number of nitrogens with zero attached hydrogens (tertiary/aromatic N) is 3. The minimum atomic E-state index is -1.08. The first-order chi connectivity index (χ1) is 15.5. The second-order valence-electron chi connectivity index (χ2n) is 9.63. The summed E-state index contributed by atoms with van der Waals surface area (Å²) in [7, 11) is -1.08. The van der Waals surface area contributed by atoms with Gasteiger partial charge in [0.2, 0.25) is 5.95 Å². The maximum absolute atomic E-state index is 13.3. The van der Waals surface area contributed by atoms with E-state index in [1.807, 2.05) is 12.1 Å². The Morgan fingerprint density at radius 3 is 2.53 bits per heavy atom. The summed E-state index contributed by atoms with van der Waals surface area (Å²) in [6.07, 6.45) is 8.80. The highest BCUT2D eigenvalue weighted by Crippen LogP contribution is 2.54. The van der Waals surface area contributed by atoms with E-state index in [0.717, 1.165) is 73.6 Å². The SMILES string of the molecule is O=[S@]1c2c(nc(N3CC=C(c4ccc(Cl)cc4)CC3)nc2NC2(CO)CCC2)CC12CC2. The minimum Gasteiger partial charge on any atom is -0.394 e. The standard InChI is InChI=1S/C24H27ClN4O2S/c25-18-4-2-16(3-5-18)17-6-12-29(13-7-17)22-26-19-14-24(10-11-24)32(31)20(19)21(27-22)28-23(15-30)8-1-9-23/h2-6,30H,1,7-15H2,(H,26,27,28)/t32-/m0/s1. The highest BCUT2D eigenvalue weighted by atomic mass is 35.5. The van der Waals surface area contributed by atoms with Crippen molar-refractivity contribution in [1.29, 1.82) is 0 Å². The first-order valence-electron chi connectivity index (χ1n) is 11.4. The summed E-state index contributed by atoms with van der Waals surface area (Å²) in [5.41, 5.74) is 3.09. The van der Waals surface area contributed by atoms with Crippen LogP contribution in [0.3, 0.4) is 0 Å². The smallest absolute Gasteiger partial charge is 0.227 e. The molecule has 2 N–H and O–H groups in total. The summed E-state index contributed by atoms with van der Waals surface area (Å²) in [6.45, 7) is 1.62. The number of aromatic nitrogens is 2. The molecule has 2 aliphatic heterocycles. The zero-order chi connectivity index (χ0) is 21.9. The molecular weight excluding hydrogens is 444 g/mol. The van der Waals surface area contributed by atoms with Gasteiger partial charge in [0.1, 0.15) is 10.7 Å². The molecule has 0 bridgehead atoms. The normalized spacial score (nSPS) is 24.6. The molecule has 2 saturated carbocycles. The van der Waals surface area contributed by atoms with Crippen molar-refractivity contribution in [3.8, 4) is 0 Å². The summed E-state index contributed by atoms with van der Waals surface area (Å²) in [5, 5.41) is 14.2. The van der Waals surface area contributed by atoms with Crippen molar-refractivity contribution < 1.29 is 9.32 Å². The number of halogens is 1. The highest BCUT2D eigenvalue weighted by molar-refractivity contribution is 7.87. The lowest BCUT2D eigenvalue weighted by atomic mass is 9.77. The molecule has 0 saturated heterocycles. The van der Waals surface area contributed by atoms with Crippen LogP contribution in [-0.2, 0) is 17.2 Å². The molecule has 3 heterocycles. The van der Waals surface area contributed by atoms with Crippen molar-refractivity contribution in [2.45, 2.75) is 60.1 Å². The van der Waals surface area contributed by atoms with Crippen LogP contribution in [0.1, 0.15) is 49.8 Å². The number of hydrogen-bond donors (Lipinski definition) is 2. The number of aliphatic hydroxyl groups excluding tert-OH is 1. The third-order valence-electron chi connectivity index (χ3n) is 7.50. The maximum atomic E-state index is 13.3. The van der Waals surface area contributed by atoms with Crippen LogP contribution in [0, 0.1) is 0 Å². The second kappa shape index (κ2) is 7.54. The van der Waals surface area contributed by atoms with Gasteiger partial charge in [0.05, 0.1) is 33.4 Å². The first kappa shape index (κ1) is 20.6. The Hall–Kier alpha value is -1.96. The predicted octanol–water partition coefficient (Wildman–Crippen LogP) is 3.95. The quantitative estimate of drug-likeness (QED) is 0.689. The Morgan fingerprint density at radius 1 is 1.16 bits per heavy atom. The molecule has 32 heavy (non-hydrogen) atoms. The van der Waals surface area contributed by atoms with E-state index in [1.165, 1.54) is 11.1 Å². The van der Waals surface area contributed by atoms with Crippen LogP contribution >= 0.6 is 11.6 Å². The molecular formula is C24H27ClN4O2S. The van der Waals surface area contributed by atoms with Crippen molar-refractivity contribution in [2.75, 3.05) is 29.9 Å². The summed E-state index contributed by atoms with van der Waals surface area (Å²) >= 11 is 6.03. The number of benzene rings is 1. The number of hydrogen-bond acceptors (Lipinski definition) is 6. The maximum Gasteiger partial charge on any atom is 0.227 e. The van der Waals surface area contributed by atoms with Crippen LogP contribution in [0.25, 0.3) is 5.57 Å². The number of fused-ring (bicyclic) bond motifs is 1. The Balaban J connectivity index is 1.31. The average Bonchev–Trinajstić information content (AvgIpc) is 3.51. The van der Waals surface area contributed by atoms with E-state index in [4.69, 9.17) is 21.6 Å². The van der Waals surface area contributed by atoms with Crippen molar-refractivity contribution >= 4 is 39.7 Å². The minimum absolute atomic E-state index is 0.0653. The Morgan fingerprint density at radius 2 is 1.94 bits per heavy atom. The lowest BCUT2D eigenvalue weighted by Gasteiger charge is -2.41. The lowest BCUT2D eigenvalue weighted by Crippen LogP contribution is -2.48. The van der Waals surface area contributed by atoms with E-state index >= 15 is 0 Å². The Bertz CT molecular complexity index is 1120. The van der Waals surface area contributed by atoms with Gasteiger partial charge in [-0.15, -0.1) is 0 Å². The van der Waals surface area contributed by atoms with Crippen LogP contribution < -0.4 is 10.2 Å². The Kier molecular flexibility index (Phi) is 4.86. The van der Waals surface area contributed by atoms with E-state index in [1.54, 1.807) is 0 Å². The van der Waals surface area contributed by atoms with Crippen LogP contribution in [0.2, 0.25) is 5.02 Å². The molecule has 0 radical (unpaired) electrons. The van der Waals surface area contributed by atoms with Crippen molar-refractivity contribution in [3.63, 3.8) is 0 Å². The third-order valence-corrected chi connectivity index (χ3v) is 9.89. The molecule has 8 heteroatoms. The van der Waals surface area contributed by atoms with Crippen LogP contribution in [0.5, 0.6) is 0 Å². The van der Waals surface area contributed by atoms with Gasteiger partial charge in [0.15, 0.2) is 0 Å². The zero-order valence-electron chi connectivity index (χ0n) is 17.9. The molecule has 1 aromatic carbocycles. The molecule has 0 unspecified atom stereocenters. The molecule has 4 aliphatic rings. The topological polar surface area (TPSA) is 78.4 Å². The number of anilines is 2. The van der Waals surface area contributed by atoms with Gasteiger partial charge in [-0.2, -0.15) is 4.98 Å². The van der Waals surface area contributed by atoms with Crippen LogP contribution in [-0.4, -0.2) is 49.3 Å². The first-order valence-corrected chi connectivity index (χ1v) is 13.0. The summed E-state index contributed by atoms with van der Waals surface area (Å²) in [4.78, 5) is 12.8. The predicted molar refractivity (Wildman–Crippen MR) is 128 cm³/mol. The fraction of sp³-hybridized carbons (Fsp3) is 0.500. The number of nitrogens with one attached hydrogen (secondary N) is 1. The van der Waals surface area contributed by atoms with E-state index in [9.17, 15) is 9.32 Å². The van der Waals surface area contributed by atoms with Crippen molar-refractivity contribution in [1.82, 2.24) is 9.97 Å². The summed E-state index contributed by atoms with van der Waals surface area (Å²) in [5.74, 6) is 1.37. The van der Waals surface area contributed by atoms with Gasteiger partial charge in [-0.05, 0) is 61.8 Å². The van der Waals surface area contributed by atoms with Gasteiger partial charge >= 0.3 is 0 Å². The second-order valence-corrected chi connectivity index (χ2v) is 11.9. The molecule has 1 atom stereocenters. The lowest BCUT2D eigenvalue weighted by molar-refractivity contribution is 0.143. The molecule has 1 spiro atoms. The molecule has 1 aromatic heterocycles. The van der Waals surface area contributed by atoms with Gasteiger partial charge < -0.3 is 15.3 Å². The molecule has 6 nitrogen and oxygen atoms in total. The number of rotatable bonds is 5. The van der Waals surface area contributed by atoms with E-state index < -0.39 is 10.8 Å². The molecule has 6 rings (SSSR count). The monoisotopic (exact) mass is 470 g/mol. The Labute approximate surface area is 195 Å². The van der Waals surface area contributed by atoms with E-state index in [0.29, 0.717) is 11.8 Å². The van der Waals surface area contributed by atoms with Crippen molar-refractivity contribution in [2.24, 2.45) is 0 Å². The largest absolute Gasteiger partial charge is 0.394 e. The van der Waals surface area contributed by atoms with Crippen molar-refractivity contribution in [3.05, 3.63) is 46.6 Å². The third kappa shape index (κ3) is 3.37. The van der Waals surface area contributed by atoms with Gasteiger partial charge in [0.25, 0.3) is 0 Å². The zero-order valence-corrected chi connectivity index (χ0v) is 19.5. The average molecular weight is 471 g/mol. The summed E-state index contributed by atoms with van der Waals surface area (Å²) in [6, 6.07) is 7.98. The van der Waals surface area contributed by atoms with Gasteiger partial charge in [-0.1, -0.05) is 29.8 Å². The fourth-order valence-corrected chi connectivity index (χ4v) is 6.97. The fourth-order valence-electron chi connectivity index (χ4n) is 5.07. The summed E-state index contributed by atoms with van der Waals surface area (Å²) < 4.78 is 13.2. The van der Waals surface area contributed by atoms with Crippen LogP contribution in [0.15, 0.2) is 35.2 Å². The molecule has 2 aromatic rings. The van der Waals surface area contributed by atoms with E-state index in [-0.39, 0.29) is 16.9 Å². The van der Waals surface area contributed by atoms with Gasteiger partial charge in [-0.3, -0.25) is 4.21 Å². The highest BCUT2D eigenvalue weighted by Gasteiger charge is 2.56. The van der Waals surface area contributed by atoms with E-state index in [2.05, 4.69) is 28.4 Å². The molecule has 168 valence electrons.